The van der Waals surface area contributed by atoms with Gasteiger partial charge in [0.15, 0.2) is 6.61 Å². The Balaban J connectivity index is 1.64. The van der Waals surface area contributed by atoms with Crippen molar-refractivity contribution < 1.29 is 28.7 Å². The smallest absolute Gasteiger partial charge is 0.338 e. The highest BCUT2D eigenvalue weighted by Gasteiger charge is 2.11. The highest BCUT2D eigenvalue weighted by molar-refractivity contribution is 5.94. The van der Waals surface area contributed by atoms with Gasteiger partial charge in [-0.2, -0.15) is 0 Å². The van der Waals surface area contributed by atoms with Crippen molar-refractivity contribution in [1.29, 1.82) is 0 Å². The fourth-order valence-corrected chi connectivity index (χ4v) is 2.87. The van der Waals surface area contributed by atoms with Crippen LogP contribution in [0.15, 0.2) is 48.5 Å². The molecule has 8 nitrogen and oxygen atoms in total. The number of carbonyl (C=O) groups excluding carboxylic acids is 4. The number of rotatable bonds is 12. The molecule has 182 valence electrons. The Morgan fingerprint density at radius 3 is 1.97 bits per heavy atom. The number of anilines is 2. The van der Waals surface area contributed by atoms with Crippen LogP contribution < -0.4 is 10.6 Å². The highest BCUT2D eigenvalue weighted by atomic mass is 16.5. The Kier molecular flexibility index (Phi) is 10.8. The monoisotopic (exact) mass is 468 g/mol. The van der Waals surface area contributed by atoms with Crippen LogP contribution in [0.25, 0.3) is 0 Å². The van der Waals surface area contributed by atoms with E-state index in [0.29, 0.717) is 23.5 Å². The maximum Gasteiger partial charge on any atom is 0.338 e. The molecule has 0 aliphatic heterocycles. The molecule has 2 aromatic rings. The van der Waals surface area contributed by atoms with Crippen LogP contribution in [0.4, 0.5) is 11.4 Å². The van der Waals surface area contributed by atoms with Crippen molar-refractivity contribution in [2.24, 2.45) is 5.92 Å². The average Bonchev–Trinajstić information content (AvgIpc) is 2.82. The second kappa shape index (κ2) is 13.8. The van der Waals surface area contributed by atoms with Crippen molar-refractivity contribution in [3.63, 3.8) is 0 Å². The maximum absolute atomic E-state index is 12.1. The van der Waals surface area contributed by atoms with E-state index in [1.807, 2.05) is 32.9 Å². The van der Waals surface area contributed by atoms with Gasteiger partial charge in [0.25, 0.3) is 5.91 Å². The summed E-state index contributed by atoms with van der Waals surface area (Å²) in [6.45, 7) is 5.91. The normalized spacial score (nSPS) is 10.5. The lowest BCUT2D eigenvalue weighted by Gasteiger charge is -2.09. The largest absolute Gasteiger partial charge is 0.462 e. The molecule has 0 bridgehead atoms. The SMILES string of the molecule is CCc1ccc(NC(=O)COC(=O)CCCC(=O)Nc2ccc(C(=O)OCC(C)C)cc2)cc1. The molecule has 0 radical (unpaired) electrons. The molecule has 0 saturated heterocycles. The Morgan fingerprint density at radius 2 is 1.38 bits per heavy atom. The number of nitrogens with one attached hydrogen (secondary N) is 2. The van der Waals surface area contributed by atoms with Crippen LogP contribution in [0.1, 0.15) is 56.0 Å². The molecular formula is C26H32N2O6. The number of hydrogen-bond acceptors (Lipinski definition) is 6. The lowest BCUT2D eigenvalue weighted by Crippen LogP contribution is -2.21. The molecule has 2 rings (SSSR count). The number of aryl methyl sites for hydroxylation is 1. The zero-order valence-electron chi connectivity index (χ0n) is 19.9. The van der Waals surface area contributed by atoms with Gasteiger partial charge in [0.2, 0.25) is 5.91 Å². The summed E-state index contributed by atoms with van der Waals surface area (Å²) in [7, 11) is 0. The van der Waals surface area contributed by atoms with Gasteiger partial charge in [-0.3, -0.25) is 14.4 Å². The Hall–Kier alpha value is -3.68. The maximum atomic E-state index is 12.1. The summed E-state index contributed by atoms with van der Waals surface area (Å²) in [6, 6.07) is 13.8. The second-order valence-corrected chi connectivity index (χ2v) is 8.23. The van der Waals surface area contributed by atoms with Crippen LogP contribution in [0, 0.1) is 5.92 Å². The summed E-state index contributed by atoms with van der Waals surface area (Å²) in [5, 5.41) is 5.37. The summed E-state index contributed by atoms with van der Waals surface area (Å²) >= 11 is 0. The molecule has 8 heteroatoms. The molecule has 2 amide bonds. The van der Waals surface area contributed by atoms with Crippen LogP contribution in [-0.4, -0.2) is 37.0 Å². The molecule has 0 aliphatic carbocycles. The van der Waals surface area contributed by atoms with E-state index in [1.165, 1.54) is 0 Å². The summed E-state index contributed by atoms with van der Waals surface area (Å²) in [5.41, 5.74) is 2.74. The average molecular weight is 469 g/mol. The van der Waals surface area contributed by atoms with Gasteiger partial charge < -0.3 is 20.1 Å². The van der Waals surface area contributed by atoms with Crippen molar-refractivity contribution in [3.05, 3.63) is 59.7 Å². The minimum Gasteiger partial charge on any atom is -0.462 e. The predicted molar refractivity (Wildman–Crippen MR) is 129 cm³/mol. The molecule has 2 aromatic carbocycles. The van der Waals surface area contributed by atoms with E-state index in [9.17, 15) is 19.2 Å². The van der Waals surface area contributed by atoms with Crippen LogP contribution in [-0.2, 0) is 30.3 Å². The lowest BCUT2D eigenvalue weighted by molar-refractivity contribution is -0.147. The molecule has 0 saturated carbocycles. The highest BCUT2D eigenvalue weighted by Crippen LogP contribution is 2.13. The molecule has 0 heterocycles. The van der Waals surface area contributed by atoms with E-state index >= 15 is 0 Å². The molecule has 0 aliphatic rings. The third-order valence-corrected chi connectivity index (χ3v) is 4.75. The number of carbonyl (C=O) groups is 4. The van der Waals surface area contributed by atoms with Crippen LogP contribution in [0.2, 0.25) is 0 Å². The Morgan fingerprint density at radius 1 is 0.794 bits per heavy atom. The minimum atomic E-state index is -0.548. The third kappa shape index (κ3) is 9.85. The number of ether oxygens (including phenoxy) is 2. The minimum absolute atomic E-state index is 0.0204. The number of hydrogen-bond donors (Lipinski definition) is 2. The van der Waals surface area contributed by atoms with E-state index in [2.05, 4.69) is 10.6 Å². The summed E-state index contributed by atoms with van der Waals surface area (Å²) in [5.74, 6) is -1.40. The summed E-state index contributed by atoms with van der Waals surface area (Å²) in [4.78, 5) is 47.8. The molecular weight excluding hydrogens is 436 g/mol. The molecule has 0 spiro atoms. The predicted octanol–water partition coefficient (Wildman–Crippen LogP) is 4.35. The molecule has 0 atom stereocenters. The first-order valence-corrected chi connectivity index (χ1v) is 11.4. The van der Waals surface area contributed by atoms with Crippen molar-refractivity contribution in [2.45, 2.75) is 46.5 Å². The van der Waals surface area contributed by atoms with E-state index < -0.39 is 17.8 Å². The first-order valence-electron chi connectivity index (χ1n) is 11.4. The number of benzene rings is 2. The Bertz CT molecular complexity index is 968. The van der Waals surface area contributed by atoms with Crippen molar-refractivity contribution in [1.82, 2.24) is 0 Å². The van der Waals surface area contributed by atoms with Gasteiger partial charge in [-0.05, 0) is 60.7 Å². The Labute approximate surface area is 200 Å². The number of amides is 2. The fourth-order valence-electron chi connectivity index (χ4n) is 2.87. The lowest BCUT2D eigenvalue weighted by atomic mass is 10.1. The first kappa shape index (κ1) is 26.6. The first-order chi connectivity index (χ1) is 16.3. The van der Waals surface area contributed by atoms with Crippen LogP contribution in [0.3, 0.4) is 0 Å². The van der Waals surface area contributed by atoms with Crippen molar-refractivity contribution in [2.75, 3.05) is 23.8 Å². The van der Waals surface area contributed by atoms with Crippen LogP contribution in [0.5, 0.6) is 0 Å². The van der Waals surface area contributed by atoms with Gasteiger partial charge in [0, 0.05) is 24.2 Å². The van der Waals surface area contributed by atoms with E-state index in [4.69, 9.17) is 9.47 Å². The molecule has 0 aromatic heterocycles. The van der Waals surface area contributed by atoms with E-state index in [0.717, 1.165) is 12.0 Å². The molecule has 34 heavy (non-hydrogen) atoms. The molecule has 0 unspecified atom stereocenters. The van der Waals surface area contributed by atoms with Crippen molar-refractivity contribution in [3.8, 4) is 0 Å². The molecule has 2 N–H and O–H groups in total. The van der Waals surface area contributed by atoms with Gasteiger partial charge in [-0.1, -0.05) is 32.9 Å². The zero-order chi connectivity index (χ0) is 24.9. The standard InChI is InChI=1S/C26H32N2O6/c1-4-19-8-12-21(13-9-19)28-24(30)17-33-25(31)7-5-6-23(29)27-22-14-10-20(11-15-22)26(32)34-16-18(2)3/h8-15,18H,4-7,16-17H2,1-3H3,(H,27,29)(H,28,30). The summed E-state index contributed by atoms with van der Waals surface area (Å²) < 4.78 is 10.1. The van der Waals surface area contributed by atoms with Gasteiger partial charge in [-0.25, -0.2) is 4.79 Å². The molecule has 0 fully saturated rings. The van der Waals surface area contributed by atoms with E-state index in [1.54, 1.807) is 36.4 Å². The van der Waals surface area contributed by atoms with Gasteiger partial charge in [0.05, 0.1) is 12.2 Å². The van der Waals surface area contributed by atoms with Gasteiger partial charge in [-0.15, -0.1) is 0 Å². The quantitative estimate of drug-likeness (QED) is 0.448. The van der Waals surface area contributed by atoms with Gasteiger partial charge in [0.1, 0.15) is 0 Å². The van der Waals surface area contributed by atoms with Crippen molar-refractivity contribution >= 4 is 35.1 Å². The van der Waals surface area contributed by atoms with E-state index in [-0.39, 0.29) is 37.7 Å². The topological polar surface area (TPSA) is 111 Å². The zero-order valence-corrected chi connectivity index (χ0v) is 19.9. The second-order valence-electron chi connectivity index (χ2n) is 8.23. The third-order valence-electron chi connectivity index (χ3n) is 4.75. The summed E-state index contributed by atoms with van der Waals surface area (Å²) in [6.07, 6.45) is 1.32. The van der Waals surface area contributed by atoms with Crippen LogP contribution >= 0.6 is 0 Å². The fraction of sp³-hybridized carbons (Fsp3) is 0.385. The number of esters is 2. The van der Waals surface area contributed by atoms with Gasteiger partial charge >= 0.3 is 11.9 Å².